The molecule has 0 saturated heterocycles. The molecular formula is C19H18O6. The maximum absolute atomic E-state index is 11.4. The topological polar surface area (TPSA) is 86.0 Å². The van der Waals surface area contributed by atoms with Crippen LogP contribution in [0.3, 0.4) is 0 Å². The molecule has 25 heavy (non-hydrogen) atoms. The van der Waals surface area contributed by atoms with Gasteiger partial charge < -0.3 is 19.0 Å². The standard InChI is InChI=1S/C19H18O6/c1-11(7-14-8-12(2)19(22)24-14)5-6-23-16-9-13(20)10-17-15(16)3-4-18(21)25-17/h3-5,8-10,14,20H,6-7H2,1-2H3/b11-5+/t14-/m1/s1. The Kier molecular flexibility index (Phi) is 4.61. The lowest BCUT2D eigenvalue weighted by molar-refractivity contribution is -0.139. The Balaban J connectivity index is 1.68. The first-order valence-corrected chi connectivity index (χ1v) is 7.87. The van der Waals surface area contributed by atoms with Crippen molar-refractivity contribution >= 4 is 16.9 Å². The Labute approximate surface area is 144 Å². The highest BCUT2D eigenvalue weighted by atomic mass is 16.5. The first-order chi connectivity index (χ1) is 11.9. The SMILES string of the molecule is CC1=C[C@@H](C/C(C)=C/COc2cc(O)cc3oc(=O)ccc23)OC1=O. The molecule has 2 heterocycles. The molecule has 0 bridgehead atoms. The summed E-state index contributed by atoms with van der Waals surface area (Å²) in [7, 11) is 0. The van der Waals surface area contributed by atoms with Crippen LogP contribution in [0.2, 0.25) is 0 Å². The van der Waals surface area contributed by atoms with E-state index in [1.807, 2.05) is 19.1 Å². The van der Waals surface area contributed by atoms with E-state index in [1.54, 1.807) is 13.0 Å². The third-order valence-corrected chi connectivity index (χ3v) is 3.90. The molecule has 2 aromatic rings. The lowest BCUT2D eigenvalue weighted by Gasteiger charge is -2.10. The van der Waals surface area contributed by atoms with Gasteiger partial charge in [0.2, 0.25) is 0 Å². The zero-order valence-corrected chi connectivity index (χ0v) is 13.9. The smallest absolute Gasteiger partial charge is 0.336 e. The number of aromatic hydroxyl groups is 1. The molecule has 0 unspecified atom stereocenters. The molecule has 1 aromatic carbocycles. The molecule has 1 aliphatic heterocycles. The van der Waals surface area contributed by atoms with Crippen LogP contribution in [0.1, 0.15) is 20.3 Å². The summed E-state index contributed by atoms with van der Waals surface area (Å²) in [4.78, 5) is 22.6. The molecule has 1 N–H and O–H groups in total. The Morgan fingerprint density at radius 3 is 2.84 bits per heavy atom. The molecule has 6 heteroatoms. The Bertz CT molecular complexity index is 935. The van der Waals surface area contributed by atoms with E-state index in [-0.39, 0.29) is 30.0 Å². The van der Waals surface area contributed by atoms with Crippen molar-refractivity contribution in [3.63, 3.8) is 0 Å². The fourth-order valence-corrected chi connectivity index (χ4v) is 2.64. The Morgan fingerprint density at radius 1 is 1.32 bits per heavy atom. The van der Waals surface area contributed by atoms with Gasteiger partial charge in [-0.25, -0.2) is 9.59 Å². The molecule has 1 aromatic heterocycles. The summed E-state index contributed by atoms with van der Waals surface area (Å²) in [5.74, 6) is 0.101. The first-order valence-electron chi connectivity index (χ1n) is 7.87. The van der Waals surface area contributed by atoms with Gasteiger partial charge in [-0.3, -0.25) is 0 Å². The molecule has 130 valence electrons. The fraction of sp³-hybridized carbons (Fsp3) is 0.263. The summed E-state index contributed by atoms with van der Waals surface area (Å²) in [6.45, 7) is 3.93. The van der Waals surface area contributed by atoms with Crippen molar-refractivity contribution in [3.05, 3.63) is 58.0 Å². The normalized spacial score (nSPS) is 17.5. The number of phenolic OH excluding ortho intramolecular Hbond substituents is 1. The molecule has 1 atom stereocenters. The summed E-state index contributed by atoms with van der Waals surface area (Å²) in [6, 6.07) is 5.73. The van der Waals surface area contributed by atoms with Gasteiger partial charge >= 0.3 is 11.6 Å². The van der Waals surface area contributed by atoms with Crippen molar-refractivity contribution in [2.24, 2.45) is 0 Å². The second-order valence-corrected chi connectivity index (χ2v) is 5.97. The average molecular weight is 342 g/mol. The van der Waals surface area contributed by atoms with Gasteiger partial charge in [-0.1, -0.05) is 5.57 Å². The summed E-state index contributed by atoms with van der Waals surface area (Å²) in [6.07, 6.45) is 4.05. The number of carbonyl (C=O) groups is 1. The van der Waals surface area contributed by atoms with Crippen molar-refractivity contribution < 1.29 is 23.8 Å². The second kappa shape index (κ2) is 6.84. The van der Waals surface area contributed by atoms with Gasteiger partial charge in [0, 0.05) is 30.2 Å². The molecule has 1 aliphatic rings. The largest absolute Gasteiger partial charge is 0.508 e. The van der Waals surface area contributed by atoms with E-state index in [9.17, 15) is 14.7 Å². The highest BCUT2D eigenvalue weighted by molar-refractivity contribution is 5.90. The maximum atomic E-state index is 11.4. The highest BCUT2D eigenvalue weighted by Crippen LogP contribution is 2.30. The van der Waals surface area contributed by atoms with Crippen molar-refractivity contribution in [3.8, 4) is 11.5 Å². The third kappa shape index (κ3) is 3.91. The van der Waals surface area contributed by atoms with Gasteiger partial charge in [-0.15, -0.1) is 0 Å². The van der Waals surface area contributed by atoms with Gasteiger partial charge in [0.1, 0.15) is 29.8 Å². The number of hydrogen-bond acceptors (Lipinski definition) is 6. The summed E-state index contributed by atoms with van der Waals surface area (Å²) < 4.78 is 16.0. The van der Waals surface area contributed by atoms with Crippen LogP contribution >= 0.6 is 0 Å². The number of benzene rings is 1. The molecule has 0 fully saturated rings. The summed E-state index contributed by atoms with van der Waals surface area (Å²) in [5.41, 5.74) is 1.41. The molecule has 0 aliphatic carbocycles. The Morgan fingerprint density at radius 2 is 2.12 bits per heavy atom. The lowest BCUT2D eigenvalue weighted by Crippen LogP contribution is -2.08. The number of phenols is 1. The van der Waals surface area contributed by atoms with E-state index in [1.165, 1.54) is 18.2 Å². The zero-order chi connectivity index (χ0) is 18.0. The molecule has 0 spiro atoms. The van der Waals surface area contributed by atoms with E-state index in [4.69, 9.17) is 13.9 Å². The second-order valence-electron chi connectivity index (χ2n) is 5.97. The molecule has 6 nitrogen and oxygen atoms in total. The number of ether oxygens (including phenoxy) is 2. The minimum atomic E-state index is -0.491. The number of fused-ring (bicyclic) bond motifs is 1. The highest BCUT2D eigenvalue weighted by Gasteiger charge is 2.21. The number of esters is 1. The first kappa shape index (κ1) is 16.8. The quantitative estimate of drug-likeness (QED) is 0.510. The van der Waals surface area contributed by atoms with E-state index in [2.05, 4.69) is 0 Å². The van der Waals surface area contributed by atoms with Gasteiger partial charge in [-0.2, -0.15) is 0 Å². The van der Waals surface area contributed by atoms with Crippen molar-refractivity contribution in [1.82, 2.24) is 0 Å². The van der Waals surface area contributed by atoms with Crippen molar-refractivity contribution in [1.29, 1.82) is 0 Å². The van der Waals surface area contributed by atoms with Crippen LogP contribution in [0.15, 0.2) is 56.8 Å². The van der Waals surface area contributed by atoms with Crippen LogP contribution in [0, 0.1) is 0 Å². The summed E-state index contributed by atoms with van der Waals surface area (Å²) >= 11 is 0. The number of rotatable bonds is 5. The third-order valence-electron chi connectivity index (χ3n) is 3.90. The molecular weight excluding hydrogens is 324 g/mol. The average Bonchev–Trinajstić information content (AvgIpc) is 2.84. The van der Waals surface area contributed by atoms with Crippen LogP contribution < -0.4 is 10.4 Å². The van der Waals surface area contributed by atoms with Crippen molar-refractivity contribution in [2.45, 2.75) is 26.4 Å². The monoisotopic (exact) mass is 342 g/mol. The Hall–Kier alpha value is -3.02. The molecule has 3 rings (SSSR count). The van der Waals surface area contributed by atoms with Gasteiger partial charge in [0.25, 0.3) is 0 Å². The van der Waals surface area contributed by atoms with Crippen LogP contribution in [-0.2, 0) is 9.53 Å². The summed E-state index contributed by atoms with van der Waals surface area (Å²) in [5, 5.41) is 10.3. The van der Waals surface area contributed by atoms with Crippen molar-refractivity contribution in [2.75, 3.05) is 6.61 Å². The fourth-order valence-electron chi connectivity index (χ4n) is 2.64. The minimum Gasteiger partial charge on any atom is -0.508 e. The van der Waals surface area contributed by atoms with E-state index in [0.29, 0.717) is 23.1 Å². The number of hydrogen-bond donors (Lipinski definition) is 1. The van der Waals surface area contributed by atoms with Crippen LogP contribution in [0.25, 0.3) is 11.0 Å². The van der Waals surface area contributed by atoms with Gasteiger partial charge in [-0.05, 0) is 32.1 Å². The van der Waals surface area contributed by atoms with Crippen LogP contribution in [-0.4, -0.2) is 23.8 Å². The van der Waals surface area contributed by atoms with Gasteiger partial charge in [0.05, 0.1) is 5.39 Å². The van der Waals surface area contributed by atoms with Crippen LogP contribution in [0.4, 0.5) is 0 Å². The number of carbonyl (C=O) groups excluding carboxylic acids is 1. The van der Waals surface area contributed by atoms with Crippen LogP contribution in [0.5, 0.6) is 11.5 Å². The zero-order valence-electron chi connectivity index (χ0n) is 13.9. The molecule has 0 amide bonds. The predicted molar refractivity (Wildman–Crippen MR) is 91.7 cm³/mol. The molecule has 0 radical (unpaired) electrons. The minimum absolute atomic E-state index is 0.0453. The van der Waals surface area contributed by atoms with E-state index >= 15 is 0 Å². The van der Waals surface area contributed by atoms with E-state index in [0.717, 1.165) is 5.57 Å². The van der Waals surface area contributed by atoms with E-state index < -0.39 is 5.63 Å². The predicted octanol–water partition coefficient (Wildman–Crippen LogP) is 3.09. The lowest BCUT2D eigenvalue weighted by atomic mass is 10.1. The molecule has 0 saturated carbocycles. The maximum Gasteiger partial charge on any atom is 0.336 e. The van der Waals surface area contributed by atoms with Gasteiger partial charge in [0.15, 0.2) is 0 Å². The number of cyclic esters (lactones) is 1.